The predicted octanol–water partition coefficient (Wildman–Crippen LogP) is 1.38. The van der Waals surface area contributed by atoms with Crippen molar-refractivity contribution < 1.29 is 5.11 Å². The van der Waals surface area contributed by atoms with Crippen LogP contribution in [0.25, 0.3) is 0 Å². The molecule has 0 unspecified atom stereocenters. The summed E-state index contributed by atoms with van der Waals surface area (Å²) < 4.78 is 0. The van der Waals surface area contributed by atoms with Crippen molar-refractivity contribution in [3.8, 4) is 17.9 Å². The Balaban J connectivity index is 2.62. The molecule has 1 aromatic carbocycles. The van der Waals surface area contributed by atoms with Crippen molar-refractivity contribution in [1.29, 1.82) is 5.26 Å². The fraction of sp³-hybridized carbons (Fsp3) is 0.357. The summed E-state index contributed by atoms with van der Waals surface area (Å²) in [6.07, 6.45) is 0.542. The lowest BCUT2D eigenvalue weighted by Gasteiger charge is -2.14. The normalized spacial score (nSPS) is 9.53. The number of hydrogen-bond acceptors (Lipinski definition) is 3. The topological polar surface area (TPSA) is 47.3 Å². The van der Waals surface area contributed by atoms with Gasteiger partial charge in [0.1, 0.15) is 6.61 Å². The zero-order chi connectivity index (χ0) is 12.5. The zero-order valence-electron chi connectivity index (χ0n) is 9.98. The molecule has 0 amide bonds. The molecule has 0 saturated carbocycles. The summed E-state index contributed by atoms with van der Waals surface area (Å²) in [6, 6.07) is 10.0. The lowest BCUT2D eigenvalue weighted by Crippen LogP contribution is -2.18. The molecule has 0 spiro atoms. The SMILES string of the molecule is CN(CCC#N)Cc1cccc(C#CCO)c1. The minimum atomic E-state index is -0.119. The van der Waals surface area contributed by atoms with Gasteiger partial charge in [0.2, 0.25) is 0 Å². The molecule has 17 heavy (non-hydrogen) atoms. The Bertz CT molecular complexity index is 451. The molecule has 0 aliphatic heterocycles. The van der Waals surface area contributed by atoms with Crippen LogP contribution in [0.2, 0.25) is 0 Å². The van der Waals surface area contributed by atoms with Crippen LogP contribution in [0.5, 0.6) is 0 Å². The van der Waals surface area contributed by atoms with Crippen LogP contribution in [0.1, 0.15) is 17.5 Å². The Morgan fingerprint density at radius 2 is 2.24 bits per heavy atom. The van der Waals surface area contributed by atoms with Crippen LogP contribution in [0.3, 0.4) is 0 Å². The quantitative estimate of drug-likeness (QED) is 0.792. The number of aliphatic hydroxyl groups is 1. The van der Waals surface area contributed by atoms with Crippen molar-refractivity contribution in [3.05, 3.63) is 35.4 Å². The third-order valence-electron chi connectivity index (χ3n) is 2.30. The average molecular weight is 228 g/mol. The van der Waals surface area contributed by atoms with Crippen molar-refractivity contribution in [2.24, 2.45) is 0 Å². The molecular weight excluding hydrogens is 212 g/mol. The molecule has 0 heterocycles. The highest BCUT2D eigenvalue weighted by atomic mass is 16.2. The van der Waals surface area contributed by atoms with E-state index in [-0.39, 0.29) is 6.61 Å². The van der Waals surface area contributed by atoms with Crippen LogP contribution in [0, 0.1) is 23.2 Å². The molecule has 3 nitrogen and oxygen atoms in total. The molecule has 1 aromatic rings. The zero-order valence-corrected chi connectivity index (χ0v) is 9.98. The van der Waals surface area contributed by atoms with Gasteiger partial charge in [-0.2, -0.15) is 5.26 Å². The molecule has 88 valence electrons. The lowest BCUT2D eigenvalue weighted by molar-refractivity contribution is 0.335. The van der Waals surface area contributed by atoms with Crippen LogP contribution in [0.15, 0.2) is 24.3 Å². The Morgan fingerprint density at radius 3 is 2.94 bits per heavy atom. The third-order valence-corrected chi connectivity index (χ3v) is 2.30. The summed E-state index contributed by atoms with van der Waals surface area (Å²) in [5.41, 5.74) is 2.07. The molecule has 0 bridgehead atoms. The highest BCUT2D eigenvalue weighted by molar-refractivity contribution is 5.37. The Morgan fingerprint density at radius 1 is 1.41 bits per heavy atom. The molecular formula is C14H16N2O. The van der Waals surface area contributed by atoms with Gasteiger partial charge in [-0.05, 0) is 24.7 Å². The van der Waals surface area contributed by atoms with Gasteiger partial charge in [0.05, 0.1) is 6.07 Å². The lowest BCUT2D eigenvalue weighted by atomic mass is 10.1. The molecule has 0 aliphatic carbocycles. The van der Waals surface area contributed by atoms with E-state index >= 15 is 0 Å². The van der Waals surface area contributed by atoms with Crippen LogP contribution >= 0.6 is 0 Å². The number of nitriles is 1. The van der Waals surface area contributed by atoms with Gasteiger partial charge in [-0.3, -0.25) is 0 Å². The van der Waals surface area contributed by atoms with Crippen LogP contribution < -0.4 is 0 Å². The standard InChI is InChI=1S/C14H16N2O/c1-16(9-4-8-15)12-14-6-2-5-13(11-14)7-3-10-17/h2,5-6,11,17H,4,9-10,12H2,1H3. The average Bonchev–Trinajstić information content (AvgIpc) is 2.34. The van der Waals surface area contributed by atoms with Gasteiger partial charge in [-0.1, -0.05) is 24.0 Å². The summed E-state index contributed by atoms with van der Waals surface area (Å²) in [5, 5.41) is 17.1. The van der Waals surface area contributed by atoms with E-state index in [9.17, 15) is 0 Å². The minimum Gasteiger partial charge on any atom is -0.384 e. The van der Waals surface area contributed by atoms with Crippen LogP contribution in [0.4, 0.5) is 0 Å². The van der Waals surface area contributed by atoms with Crippen LogP contribution in [-0.4, -0.2) is 30.2 Å². The largest absolute Gasteiger partial charge is 0.384 e. The van der Waals surface area contributed by atoms with Crippen LogP contribution in [-0.2, 0) is 6.54 Å². The van der Waals surface area contributed by atoms with Crippen molar-refractivity contribution in [2.75, 3.05) is 20.2 Å². The smallest absolute Gasteiger partial charge is 0.104 e. The third kappa shape index (κ3) is 5.17. The van der Waals surface area contributed by atoms with Crippen molar-refractivity contribution in [3.63, 3.8) is 0 Å². The van der Waals surface area contributed by atoms with E-state index in [4.69, 9.17) is 10.4 Å². The highest BCUT2D eigenvalue weighted by Gasteiger charge is 2.00. The maximum Gasteiger partial charge on any atom is 0.104 e. The molecule has 0 aromatic heterocycles. The summed E-state index contributed by atoms with van der Waals surface area (Å²) >= 11 is 0. The van der Waals surface area contributed by atoms with E-state index in [0.29, 0.717) is 6.42 Å². The minimum absolute atomic E-state index is 0.119. The number of hydrogen-bond donors (Lipinski definition) is 1. The first-order valence-corrected chi connectivity index (χ1v) is 5.50. The molecule has 0 radical (unpaired) electrons. The van der Waals surface area contributed by atoms with E-state index in [1.165, 1.54) is 0 Å². The second-order valence-corrected chi connectivity index (χ2v) is 3.81. The molecule has 0 atom stereocenters. The van der Waals surface area contributed by atoms with Gasteiger partial charge < -0.3 is 10.0 Å². The van der Waals surface area contributed by atoms with Gasteiger partial charge in [-0.15, -0.1) is 0 Å². The monoisotopic (exact) mass is 228 g/mol. The first kappa shape index (κ1) is 13.3. The predicted molar refractivity (Wildman–Crippen MR) is 67.0 cm³/mol. The number of benzene rings is 1. The van der Waals surface area contributed by atoms with Gasteiger partial charge >= 0.3 is 0 Å². The summed E-state index contributed by atoms with van der Waals surface area (Å²) in [7, 11) is 1.99. The number of nitrogens with zero attached hydrogens (tertiary/aromatic N) is 2. The molecule has 1 N–H and O–H groups in total. The first-order chi connectivity index (χ1) is 8.26. The molecule has 0 fully saturated rings. The van der Waals surface area contributed by atoms with E-state index in [1.54, 1.807) is 0 Å². The number of aliphatic hydroxyl groups excluding tert-OH is 1. The van der Waals surface area contributed by atoms with Gasteiger partial charge in [0.15, 0.2) is 0 Å². The van der Waals surface area contributed by atoms with E-state index in [2.05, 4.69) is 22.8 Å². The van der Waals surface area contributed by atoms with Crippen molar-refractivity contribution in [1.82, 2.24) is 4.90 Å². The maximum atomic E-state index is 8.63. The first-order valence-electron chi connectivity index (χ1n) is 5.50. The molecule has 0 aliphatic rings. The molecule has 3 heteroatoms. The summed E-state index contributed by atoms with van der Waals surface area (Å²) in [5.74, 6) is 5.51. The highest BCUT2D eigenvalue weighted by Crippen LogP contribution is 2.07. The second kappa shape index (κ2) is 7.46. The maximum absolute atomic E-state index is 8.63. The van der Waals surface area contributed by atoms with Gasteiger partial charge in [0, 0.05) is 25.1 Å². The Labute approximate surface area is 102 Å². The molecule has 1 rings (SSSR count). The Hall–Kier alpha value is -1.81. The fourth-order valence-electron chi connectivity index (χ4n) is 1.52. The second-order valence-electron chi connectivity index (χ2n) is 3.81. The van der Waals surface area contributed by atoms with E-state index < -0.39 is 0 Å². The van der Waals surface area contributed by atoms with Crippen molar-refractivity contribution in [2.45, 2.75) is 13.0 Å². The van der Waals surface area contributed by atoms with E-state index in [1.807, 2.05) is 31.3 Å². The molecule has 0 saturated heterocycles. The van der Waals surface area contributed by atoms with Gasteiger partial charge in [-0.25, -0.2) is 0 Å². The van der Waals surface area contributed by atoms with E-state index in [0.717, 1.165) is 24.2 Å². The van der Waals surface area contributed by atoms with Gasteiger partial charge in [0.25, 0.3) is 0 Å². The summed E-state index contributed by atoms with van der Waals surface area (Å²) in [6.45, 7) is 1.45. The number of rotatable bonds is 4. The van der Waals surface area contributed by atoms with Crippen molar-refractivity contribution >= 4 is 0 Å². The summed E-state index contributed by atoms with van der Waals surface area (Å²) in [4.78, 5) is 2.10. The Kier molecular flexibility index (Phi) is 5.82. The fourth-order valence-corrected chi connectivity index (χ4v) is 1.52.